The van der Waals surface area contributed by atoms with Gasteiger partial charge in [0, 0.05) is 43.6 Å². The van der Waals surface area contributed by atoms with Crippen LogP contribution in [0.3, 0.4) is 0 Å². The van der Waals surface area contributed by atoms with E-state index in [0.29, 0.717) is 11.7 Å². The second-order valence-electron chi connectivity index (χ2n) is 7.64. The van der Waals surface area contributed by atoms with Crippen LogP contribution < -0.4 is 20.3 Å². The van der Waals surface area contributed by atoms with Crippen LogP contribution in [0.2, 0.25) is 0 Å². The molecule has 1 aromatic carbocycles. The van der Waals surface area contributed by atoms with Crippen molar-refractivity contribution in [1.29, 1.82) is 0 Å². The van der Waals surface area contributed by atoms with Crippen LogP contribution in [0.4, 0.5) is 5.69 Å². The number of amides is 1. The van der Waals surface area contributed by atoms with Crippen LogP contribution in [0.1, 0.15) is 42.2 Å². The first-order valence-electron chi connectivity index (χ1n) is 10.2. The summed E-state index contributed by atoms with van der Waals surface area (Å²) in [5, 5.41) is 11.1. The smallest absolute Gasteiger partial charge is 0.272 e. The number of hydrogen-bond acceptors (Lipinski definition) is 5. The predicted molar refractivity (Wildman–Crippen MR) is 116 cm³/mol. The molecule has 8 heteroatoms. The Morgan fingerprint density at radius 1 is 1.28 bits per heavy atom. The molecule has 0 saturated carbocycles. The highest BCUT2D eigenvalue weighted by atomic mass is 35.5. The third-order valence-corrected chi connectivity index (χ3v) is 5.66. The molecule has 2 unspecified atom stereocenters. The van der Waals surface area contributed by atoms with Crippen molar-refractivity contribution in [3.8, 4) is 5.75 Å². The Balaban J connectivity index is 0.00000240. The second kappa shape index (κ2) is 9.98. The average Bonchev–Trinajstić information content (AvgIpc) is 3.25. The molecule has 2 saturated heterocycles. The molecule has 2 aliphatic rings. The highest BCUT2D eigenvalue weighted by Gasteiger charge is 2.24. The van der Waals surface area contributed by atoms with Gasteiger partial charge in [0.1, 0.15) is 11.4 Å². The molecule has 7 nitrogen and oxygen atoms in total. The number of nitrogens with zero attached hydrogens (tertiary/aromatic N) is 3. The normalized spacial score (nSPS) is 21.9. The number of halogens is 1. The van der Waals surface area contributed by atoms with Crippen molar-refractivity contribution < 1.29 is 9.53 Å². The molecule has 2 fully saturated rings. The third kappa shape index (κ3) is 5.22. The van der Waals surface area contributed by atoms with Crippen molar-refractivity contribution in [1.82, 2.24) is 20.4 Å². The van der Waals surface area contributed by atoms with E-state index in [0.717, 1.165) is 63.3 Å². The third-order valence-electron chi connectivity index (χ3n) is 5.66. The molecule has 1 amide bonds. The summed E-state index contributed by atoms with van der Waals surface area (Å²) in [6, 6.07) is 10.4. The summed E-state index contributed by atoms with van der Waals surface area (Å²) < 4.78 is 7.27. The molecule has 29 heavy (non-hydrogen) atoms. The summed E-state index contributed by atoms with van der Waals surface area (Å²) >= 11 is 0. The Hall–Kier alpha value is -2.25. The van der Waals surface area contributed by atoms with Gasteiger partial charge in [0.15, 0.2) is 0 Å². The minimum atomic E-state index is -0.0833. The molecular weight excluding hydrogens is 390 g/mol. The van der Waals surface area contributed by atoms with Crippen LogP contribution >= 0.6 is 12.4 Å². The van der Waals surface area contributed by atoms with E-state index in [9.17, 15) is 4.79 Å². The summed E-state index contributed by atoms with van der Waals surface area (Å²) in [6.07, 6.45) is 6.21. The standard InChI is InChI=1S/C21H29N5O2.ClH/c1-28-19-8-2-6-17(13-19)25-11-4-5-16(15-25)23-21(27)20-9-12-26(24-20)18-7-3-10-22-14-18;/h2,6,8-9,12-13,16,18,22H,3-5,7,10-11,14-15H2,1H3,(H,23,27);1H. The van der Waals surface area contributed by atoms with Gasteiger partial charge in [-0.2, -0.15) is 5.10 Å². The Bertz CT molecular complexity index is 806. The minimum Gasteiger partial charge on any atom is -0.497 e. The molecule has 0 radical (unpaired) electrons. The lowest BCUT2D eigenvalue weighted by atomic mass is 10.0. The molecule has 1 aromatic heterocycles. The fourth-order valence-electron chi connectivity index (χ4n) is 4.12. The van der Waals surface area contributed by atoms with Gasteiger partial charge >= 0.3 is 0 Å². The minimum absolute atomic E-state index is 0. The molecule has 2 atom stereocenters. The number of anilines is 1. The van der Waals surface area contributed by atoms with E-state index in [1.807, 2.05) is 35.1 Å². The molecule has 0 bridgehead atoms. The number of piperidine rings is 2. The number of carbonyl (C=O) groups excluding carboxylic acids is 1. The molecule has 0 spiro atoms. The van der Waals surface area contributed by atoms with Crippen LogP contribution in [0.5, 0.6) is 5.75 Å². The number of nitrogens with one attached hydrogen (secondary N) is 2. The summed E-state index contributed by atoms with van der Waals surface area (Å²) in [7, 11) is 1.68. The van der Waals surface area contributed by atoms with Gasteiger partial charge in [0.05, 0.1) is 13.2 Å². The first-order valence-corrected chi connectivity index (χ1v) is 10.2. The van der Waals surface area contributed by atoms with E-state index >= 15 is 0 Å². The predicted octanol–water partition coefficient (Wildman–Crippen LogP) is 2.64. The number of benzene rings is 1. The zero-order valence-electron chi connectivity index (χ0n) is 16.8. The van der Waals surface area contributed by atoms with Crippen molar-refractivity contribution in [2.75, 3.05) is 38.2 Å². The number of aromatic nitrogens is 2. The lowest BCUT2D eigenvalue weighted by Crippen LogP contribution is -2.48. The molecule has 0 aliphatic carbocycles. The van der Waals surface area contributed by atoms with Crippen LogP contribution in [-0.2, 0) is 0 Å². The number of rotatable bonds is 5. The molecule has 158 valence electrons. The van der Waals surface area contributed by atoms with E-state index in [-0.39, 0.29) is 24.4 Å². The van der Waals surface area contributed by atoms with Gasteiger partial charge in [-0.25, -0.2) is 0 Å². The van der Waals surface area contributed by atoms with Crippen molar-refractivity contribution >= 4 is 24.0 Å². The van der Waals surface area contributed by atoms with Gasteiger partial charge in [0.2, 0.25) is 0 Å². The van der Waals surface area contributed by atoms with E-state index in [2.05, 4.69) is 26.7 Å². The first-order chi connectivity index (χ1) is 13.7. The average molecular weight is 420 g/mol. The van der Waals surface area contributed by atoms with Gasteiger partial charge in [-0.1, -0.05) is 6.07 Å². The highest BCUT2D eigenvalue weighted by molar-refractivity contribution is 5.92. The maximum Gasteiger partial charge on any atom is 0.272 e. The van der Waals surface area contributed by atoms with Gasteiger partial charge in [-0.05, 0) is 50.4 Å². The zero-order valence-corrected chi connectivity index (χ0v) is 17.7. The van der Waals surface area contributed by atoms with Gasteiger partial charge < -0.3 is 20.3 Å². The van der Waals surface area contributed by atoms with E-state index in [1.54, 1.807) is 7.11 Å². The van der Waals surface area contributed by atoms with E-state index in [4.69, 9.17) is 4.74 Å². The SMILES string of the molecule is COc1cccc(N2CCCC(NC(=O)c3ccn(C4CCCNC4)n3)C2)c1.Cl. The van der Waals surface area contributed by atoms with Crippen LogP contribution in [0.25, 0.3) is 0 Å². The number of carbonyl (C=O) groups is 1. The molecular formula is C21H30ClN5O2. The summed E-state index contributed by atoms with van der Waals surface area (Å²) in [5.74, 6) is 0.770. The van der Waals surface area contributed by atoms with Crippen molar-refractivity contribution in [2.45, 2.75) is 37.8 Å². The van der Waals surface area contributed by atoms with Gasteiger partial charge in [-0.3, -0.25) is 9.48 Å². The van der Waals surface area contributed by atoms with E-state index in [1.165, 1.54) is 0 Å². The zero-order chi connectivity index (χ0) is 19.3. The Morgan fingerprint density at radius 3 is 2.97 bits per heavy atom. The second-order valence-corrected chi connectivity index (χ2v) is 7.64. The largest absolute Gasteiger partial charge is 0.497 e. The van der Waals surface area contributed by atoms with Crippen LogP contribution in [-0.4, -0.2) is 55.0 Å². The van der Waals surface area contributed by atoms with Crippen molar-refractivity contribution in [3.63, 3.8) is 0 Å². The lowest BCUT2D eigenvalue weighted by molar-refractivity contribution is 0.0926. The quantitative estimate of drug-likeness (QED) is 0.779. The molecule has 2 N–H and O–H groups in total. The summed E-state index contributed by atoms with van der Waals surface area (Å²) in [6.45, 7) is 3.77. The number of methoxy groups -OCH3 is 1. The Morgan fingerprint density at radius 2 is 2.17 bits per heavy atom. The van der Waals surface area contributed by atoms with Crippen molar-refractivity contribution in [2.24, 2.45) is 0 Å². The summed E-state index contributed by atoms with van der Waals surface area (Å²) in [4.78, 5) is 15.0. The molecule has 4 rings (SSSR count). The van der Waals surface area contributed by atoms with Gasteiger partial charge in [-0.15, -0.1) is 12.4 Å². The van der Waals surface area contributed by atoms with Gasteiger partial charge in [0.25, 0.3) is 5.91 Å². The summed E-state index contributed by atoms with van der Waals surface area (Å²) in [5.41, 5.74) is 1.64. The Kier molecular flexibility index (Phi) is 7.39. The Labute approximate surface area is 178 Å². The van der Waals surface area contributed by atoms with E-state index < -0.39 is 0 Å². The number of ether oxygens (including phenoxy) is 1. The molecule has 2 aromatic rings. The fraction of sp³-hybridized carbons (Fsp3) is 0.524. The first kappa shape index (κ1) is 21.5. The molecule has 2 aliphatic heterocycles. The molecule has 3 heterocycles. The highest BCUT2D eigenvalue weighted by Crippen LogP contribution is 2.24. The van der Waals surface area contributed by atoms with Crippen LogP contribution in [0, 0.1) is 0 Å². The monoisotopic (exact) mass is 419 g/mol. The maximum atomic E-state index is 12.7. The maximum absolute atomic E-state index is 12.7. The topological polar surface area (TPSA) is 71.4 Å². The lowest BCUT2D eigenvalue weighted by Gasteiger charge is -2.34. The van der Waals surface area contributed by atoms with Crippen LogP contribution in [0.15, 0.2) is 36.5 Å². The number of hydrogen-bond donors (Lipinski definition) is 2. The van der Waals surface area contributed by atoms with Crippen molar-refractivity contribution in [3.05, 3.63) is 42.2 Å². The fourth-order valence-corrected chi connectivity index (χ4v) is 4.12.